The van der Waals surface area contributed by atoms with Gasteiger partial charge in [-0.25, -0.2) is 0 Å². The molecule has 120 valence electrons. The van der Waals surface area contributed by atoms with Crippen LogP contribution in [0, 0.1) is 0 Å². The molecule has 0 bridgehead atoms. The number of hydrogen-bond acceptors (Lipinski definition) is 1. The van der Waals surface area contributed by atoms with Crippen LogP contribution in [0.25, 0.3) is 0 Å². The van der Waals surface area contributed by atoms with Crippen LogP contribution in [0.1, 0.15) is 85.0 Å². The Kier molecular flexibility index (Phi) is 9.85. The van der Waals surface area contributed by atoms with Gasteiger partial charge in [0.1, 0.15) is 0 Å². The molecule has 1 rings (SSSR count). The third-order valence-corrected chi connectivity index (χ3v) is 23.6. The predicted octanol–water partition coefficient (Wildman–Crippen LogP) is 6.14. The third kappa shape index (κ3) is 5.51. The van der Waals surface area contributed by atoms with Crippen molar-refractivity contribution in [1.82, 2.24) is 0 Å². The average molecular weight is 389 g/mol. The Bertz CT molecular complexity index is 220. The average Bonchev–Trinajstić information content (AvgIpc) is 2.48. The van der Waals surface area contributed by atoms with E-state index in [1.807, 2.05) is 0 Å². The van der Waals surface area contributed by atoms with E-state index in [0.717, 1.165) is 10.4 Å². The minimum absolute atomic E-state index is 0.0742. The fourth-order valence-corrected chi connectivity index (χ4v) is 23.9. The van der Waals surface area contributed by atoms with Crippen molar-refractivity contribution in [3.05, 3.63) is 0 Å². The SMILES string of the molecule is CCC[CH2][Sn]([CH2]CCC)([CH2]CCC)[CH]1CCCCC1O. The second-order valence-electron chi connectivity index (χ2n) is 7.13. The van der Waals surface area contributed by atoms with Crippen LogP contribution in [-0.2, 0) is 0 Å². The fourth-order valence-electron chi connectivity index (χ4n) is 4.34. The topological polar surface area (TPSA) is 20.2 Å². The Morgan fingerprint density at radius 1 is 0.800 bits per heavy atom. The predicted molar refractivity (Wildman–Crippen MR) is 93.1 cm³/mol. The molecule has 20 heavy (non-hydrogen) atoms. The zero-order valence-corrected chi connectivity index (χ0v) is 17.1. The van der Waals surface area contributed by atoms with Gasteiger partial charge >= 0.3 is 132 Å². The van der Waals surface area contributed by atoms with Crippen molar-refractivity contribution in [2.45, 2.75) is 108 Å². The molecular formula is C18H38OSn. The van der Waals surface area contributed by atoms with Gasteiger partial charge in [-0.3, -0.25) is 0 Å². The molecule has 0 radical (unpaired) electrons. The van der Waals surface area contributed by atoms with Crippen LogP contribution in [0.15, 0.2) is 0 Å². The second kappa shape index (κ2) is 10.5. The quantitative estimate of drug-likeness (QED) is 0.445. The molecule has 0 saturated heterocycles. The Balaban J connectivity index is 2.85. The summed E-state index contributed by atoms with van der Waals surface area (Å²) < 4.78 is 5.48. The van der Waals surface area contributed by atoms with E-state index in [1.54, 1.807) is 13.3 Å². The summed E-state index contributed by atoms with van der Waals surface area (Å²) in [5, 5.41) is 10.7. The summed E-state index contributed by atoms with van der Waals surface area (Å²) in [6.45, 7) is 7.02. The molecule has 2 heteroatoms. The summed E-state index contributed by atoms with van der Waals surface area (Å²) in [6.07, 6.45) is 13.6. The van der Waals surface area contributed by atoms with Gasteiger partial charge in [-0.05, 0) is 0 Å². The van der Waals surface area contributed by atoms with E-state index in [-0.39, 0.29) is 6.10 Å². The molecule has 1 aliphatic carbocycles. The fraction of sp³-hybridized carbons (Fsp3) is 1.00. The number of rotatable bonds is 10. The number of aliphatic hydroxyl groups is 1. The maximum atomic E-state index is 10.7. The number of unbranched alkanes of at least 4 members (excludes halogenated alkanes) is 3. The van der Waals surface area contributed by atoms with Gasteiger partial charge in [0.2, 0.25) is 0 Å². The summed E-state index contributed by atoms with van der Waals surface area (Å²) in [7, 11) is 0. The molecule has 1 saturated carbocycles. The van der Waals surface area contributed by atoms with Crippen molar-refractivity contribution in [2.75, 3.05) is 0 Å². The van der Waals surface area contributed by atoms with Crippen LogP contribution in [0.4, 0.5) is 0 Å². The molecule has 0 aromatic rings. The normalized spacial score (nSPS) is 24.0. The van der Waals surface area contributed by atoms with Crippen LogP contribution in [0.2, 0.25) is 17.2 Å². The van der Waals surface area contributed by atoms with Crippen molar-refractivity contribution in [3.63, 3.8) is 0 Å². The van der Waals surface area contributed by atoms with Crippen molar-refractivity contribution in [3.8, 4) is 0 Å². The van der Waals surface area contributed by atoms with E-state index in [2.05, 4.69) is 20.8 Å². The number of hydrogen-bond donors (Lipinski definition) is 1. The van der Waals surface area contributed by atoms with Gasteiger partial charge in [0, 0.05) is 0 Å². The first-order valence-corrected chi connectivity index (χ1v) is 17.1. The zero-order chi connectivity index (χ0) is 14.8. The van der Waals surface area contributed by atoms with Crippen LogP contribution < -0.4 is 0 Å². The van der Waals surface area contributed by atoms with Crippen molar-refractivity contribution < 1.29 is 5.11 Å². The molecular weight excluding hydrogens is 351 g/mol. The van der Waals surface area contributed by atoms with E-state index in [4.69, 9.17) is 0 Å². The Labute approximate surface area is 131 Å². The van der Waals surface area contributed by atoms with Crippen molar-refractivity contribution in [2.24, 2.45) is 0 Å². The summed E-state index contributed by atoms with van der Waals surface area (Å²) in [5.41, 5.74) is 0. The van der Waals surface area contributed by atoms with Crippen LogP contribution >= 0.6 is 0 Å². The molecule has 2 unspecified atom stereocenters. The van der Waals surface area contributed by atoms with Gasteiger partial charge in [-0.2, -0.15) is 0 Å². The Morgan fingerprint density at radius 3 is 1.65 bits per heavy atom. The maximum absolute atomic E-state index is 10.7. The van der Waals surface area contributed by atoms with Gasteiger partial charge in [0.25, 0.3) is 0 Å². The van der Waals surface area contributed by atoms with Crippen molar-refractivity contribution >= 4 is 18.4 Å². The van der Waals surface area contributed by atoms with E-state index >= 15 is 0 Å². The third-order valence-electron chi connectivity index (χ3n) is 5.60. The molecule has 0 aliphatic heterocycles. The molecule has 0 heterocycles. The van der Waals surface area contributed by atoms with Gasteiger partial charge < -0.3 is 0 Å². The van der Waals surface area contributed by atoms with E-state index in [9.17, 15) is 5.11 Å². The molecule has 0 amide bonds. The zero-order valence-electron chi connectivity index (χ0n) is 14.3. The molecule has 1 fully saturated rings. The molecule has 1 N–H and O–H groups in total. The van der Waals surface area contributed by atoms with E-state index < -0.39 is 18.4 Å². The first-order chi connectivity index (χ1) is 9.70. The van der Waals surface area contributed by atoms with Gasteiger partial charge in [-0.1, -0.05) is 0 Å². The molecule has 0 spiro atoms. The van der Waals surface area contributed by atoms with Crippen LogP contribution in [0.3, 0.4) is 0 Å². The summed E-state index contributed by atoms with van der Waals surface area (Å²) in [4.78, 5) is 0. The number of aliphatic hydroxyl groups excluding tert-OH is 1. The van der Waals surface area contributed by atoms with Crippen LogP contribution in [-0.4, -0.2) is 29.6 Å². The summed E-state index contributed by atoms with van der Waals surface area (Å²) >= 11 is -2.15. The van der Waals surface area contributed by atoms with Gasteiger partial charge in [0.05, 0.1) is 0 Å². The monoisotopic (exact) mass is 390 g/mol. The van der Waals surface area contributed by atoms with Gasteiger partial charge in [-0.15, -0.1) is 0 Å². The first-order valence-electron chi connectivity index (χ1n) is 9.38. The minimum atomic E-state index is -2.15. The van der Waals surface area contributed by atoms with Crippen molar-refractivity contribution in [1.29, 1.82) is 0 Å². The van der Waals surface area contributed by atoms with E-state index in [1.165, 1.54) is 57.8 Å². The van der Waals surface area contributed by atoms with Gasteiger partial charge in [0.15, 0.2) is 0 Å². The molecule has 1 nitrogen and oxygen atoms in total. The standard InChI is InChI=1S/C6H11O.3C4H9.Sn/c7-6-4-2-1-3-5-6;3*1-3-4-2;/h4,6-7H,1-3,5H2;3*1,3-4H2,2H3;. The molecule has 2 atom stereocenters. The summed E-state index contributed by atoms with van der Waals surface area (Å²) in [6, 6.07) is 0. The molecule has 1 aliphatic rings. The second-order valence-corrected chi connectivity index (χ2v) is 21.3. The van der Waals surface area contributed by atoms with Crippen LogP contribution in [0.5, 0.6) is 0 Å². The molecule has 0 aromatic heterocycles. The van der Waals surface area contributed by atoms with E-state index in [0.29, 0.717) is 0 Å². The first kappa shape index (κ1) is 18.8. The Morgan fingerprint density at radius 2 is 1.25 bits per heavy atom. The molecule has 0 aromatic carbocycles. The summed E-state index contributed by atoms with van der Waals surface area (Å²) in [5.74, 6) is 0. The Hall–Kier alpha value is 0.759.